The van der Waals surface area contributed by atoms with Crippen molar-refractivity contribution in [1.29, 1.82) is 0 Å². The fourth-order valence-corrected chi connectivity index (χ4v) is 3.07. The second kappa shape index (κ2) is 5.39. The third-order valence-electron chi connectivity index (χ3n) is 4.23. The van der Waals surface area contributed by atoms with Crippen molar-refractivity contribution >= 4 is 11.9 Å². The summed E-state index contributed by atoms with van der Waals surface area (Å²) in [4.78, 5) is 25.7. The van der Waals surface area contributed by atoms with Gasteiger partial charge in [0.25, 0.3) is 5.91 Å². The molecule has 1 unspecified atom stereocenters. The van der Waals surface area contributed by atoms with Crippen LogP contribution < -0.4 is 0 Å². The summed E-state index contributed by atoms with van der Waals surface area (Å²) in [6.45, 7) is 5.83. The molecule has 5 nitrogen and oxygen atoms in total. The number of rotatable bonds is 2. The second-order valence-electron chi connectivity index (χ2n) is 6.30. The van der Waals surface area contributed by atoms with E-state index in [1.54, 1.807) is 19.1 Å². The van der Waals surface area contributed by atoms with Crippen LogP contribution in [0.25, 0.3) is 0 Å². The highest BCUT2D eigenvalue weighted by Crippen LogP contribution is 2.37. The maximum atomic E-state index is 12.7. The molecule has 1 amide bonds. The van der Waals surface area contributed by atoms with Gasteiger partial charge in [-0.05, 0) is 36.8 Å². The Morgan fingerprint density at radius 3 is 2.62 bits per heavy atom. The van der Waals surface area contributed by atoms with E-state index in [-0.39, 0.29) is 11.3 Å². The third-order valence-corrected chi connectivity index (χ3v) is 4.23. The maximum Gasteiger partial charge on any atom is 0.326 e. The Kier molecular flexibility index (Phi) is 3.94. The molecule has 2 N–H and O–H groups in total. The van der Waals surface area contributed by atoms with Crippen molar-refractivity contribution in [3.05, 3.63) is 29.3 Å². The van der Waals surface area contributed by atoms with Crippen LogP contribution in [0.5, 0.6) is 5.75 Å². The van der Waals surface area contributed by atoms with Crippen LogP contribution in [0.3, 0.4) is 0 Å². The molecule has 2 rings (SSSR count). The lowest BCUT2D eigenvalue weighted by Crippen LogP contribution is -2.56. The lowest BCUT2D eigenvalue weighted by Gasteiger charge is -2.44. The average Bonchev–Trinajstić information content (AvgIpc) is 2.39. The molecule has 1 aliphatic heterocycles. The van der Waals surface area contributed by atoms with Gasteiger partial charge in [-0.2, -0.15) is 0 Å². The normalized spacial score (nSPS) is 21.1. The molecule has 1 saturated heterocycles. The first-order chi connectivity index (χ1) is 9.75. The number of amides is 1. The molecule has 0 bridgehead atoms. The zero-order valence-electron chi connectivity index (χ0n) is 12.6. The molecule has 1 heterocycles. The lowest BCUT2D eigenvalue weighted by molar-refractivity contribution is -0.148. The zero-order valence-corrected chi connectivity index (χ0v) is 12.6. The van der Waals surface area contributed by atoms with Crippen molar-refractivity contribution in [3.8, 4) is 5.75 Å². The first-order valence-electron chi connectivity index (χ1n) is 7.08. The van der Waals surface area contributed by atoms with Gasteiger partial charge in [-0.25, -0.2) is 4.79 Å². The van der Waals surface area contributed by atoms with Gasteiger partial charge in [-0.15, -0.1) is 0 Å². The summed E-state index contributed by atoms with van der Waals surface area (Å²) in [7, 11) is 0. The Morgan fingerprint density at radius 1 is 1.33 bits per heavy atom. The van der Waals surface area contributed by atoms with Crippen molar-refractivity contribution in [2.24, 2.45) is 5.41 Å². The molecule has 0 aliphatic carbocycles. The van der Waals surface area contributed by atoms with E-state index in [0.717, 1.165) is 12.8 Å². The molecule has 1 aromatic rings. The Balaban J connectivity index is 2.41. The standard InChI is InChI=1S/C16H21NO4/c1-10-6-4-7-11(12(10)18)14(19)17-9-5-8-16(2,3)13(17)15(20)21/h4,6-7,13,18H,5,8-9H2,1-3H3,(H,20,21). The van der Waals surface area contributed by atoms with Gasteiger partial charge in [-0.1, -0.05) is 26.0 Å². The Morgan fingerprint density at radius 2 is 2.00 bits per heavy atom. The van der Waals surface area contributed by atoms with Gasteiger partial charge in [0.15, 0.2) is 0 Å². The Bertz CT molecular complexity index is 580. The molecule has 0 aromatic heterocycles. The molecule has 1 atom stereocenters. The fraction of sp³-hybridized carbons (Fsp3) is 0.500. The van der Waals surface area contributed by atoms with Crippen LogP contribution >= 0.6 is 0 Å². The molecule has 5 heteroatoms. The minimum absolute atomic E-state index is 0.0741. The first-order valence-corrected chi connectivity index (χ1v) is 7.08. The lowest BCUT2D eigenvalue weighted by atomic mass is 9.76. The number of phenolic OH excluding ortho intramolecular Hbond substituents is 1. The third kappa shape index (κ3) is 2.73. The number of nitrogens with zero attached hydrogens (tertiary/aromatic N) is 1. The number of aryl methyl sites for hydroxylation is 1. The van der Waals surface area contributed by atoms with Gasteiger partial charge >= 0.3 is 5.97 Å². The van der Waals surface area contributed by atoms with Crippen LogP contribution in [-0.2, 0) is 4.79 Å². The van der Waals surface area contributed by atoms with Gasteiger partial charge in [-0.3, -0.25) is 4.79 Å². The number of benzene rings is 1. The van der Waals surface area contributed by atoms with E-state index >= 15 is 0 Å². The minimum Gasteiger partial charge on any atom is -0.507 e. The van der Waals surface area contributed by atoms with E-state index in [0.29, 0.717) is 12.1 Å². The zero-order chi connectivity index (χ0) is 15.8. The number of aromatic hydroxyl groups is 1. The van der Waals surface area contributed by atoms with E-state index in [4.69, 9.17) is 0 Å². The van der Waals surface area contributed by atoms with Gasteiger partial charge < -0.3 is 15.1 Å². The summed E-state index contributed by atoms with van der Waals surface area (Å²) in [6.07, 6.45) is 1.52. The number of carbonyl (C=O) groups excluding carboxylic acids is 1. The van der Waals surface area contributed by atoms with Crippen molar-refractivity contribution < 1.29 is 19.8 Å². The van der Waals surface area contributed by atoms with E-state index in [9.17, 15) is 19.8 Å². The van der Waals surface area contributed by atoms with Crippen LogP contribution in [-0.4, -0.2) is 39.6 Å². The summed E-state index contributed by atoms with van der Waals surface area (Å²) in [5.74, 6) is -1.49. The number of carboxylic acids is 1. The number of likely N-dealkylation sites (tertiary alicyclic amines) is 1. The molecule has 114 valence electrons. The average molecular weight is 291 g/mol. The monoisotopic (exact) mass is 291 g/mol. The van der Waals surface area contributed by atoms with Crippen LogP contribution in [0.2, 0.25) is 0 Å². The summed E-state index contributed by atoms with van der Waals surface area (Å²) >= 11 is 0. The summed E-state index contributed by atoms with van der Waals surface area (Å²) in [6, 6.07) is 4.05. The predicted molar refractivity (Wildman–Crippen MR) is 78.3 cm³/mol. The molecular formula is C16H21NO4. The van der Waals surface area contributed by atoms with Crippen molar-refractivity contribution in [2.75, 3.05) is 6.54 Å². The summed E-state index contributed by atoms with van der Waals surface area (Å²) < 4.78 is 0. The van der Waals surface area contributed by atoms with Crippen molar-refractivity contribution in [3.63, 3.8) is 0 Å². The highest BCUT2D eigenvalue weighted by atomic mass is 16.4. The predicted octanol–water partition coefficient (Wildman–Crippen LogP) is 2.42. The van der Waals surface area contributed by atoms with E-state index < -0.39 is 23.3 Å². The van der Waals surface area contributed by atoms with Gasteiger partial charge in [0.2, 0.25) is 0 Å². The van der Waals surface area contributed by atoms with Gasteiger partial charge in [0.1, 0.15) is 11.8 Å². The molecule has 1 aromatic carbocycles. The smallest absolute Gasteiger partial charge is 0.326 e. The van der Waals surface area contributed by atoms with Crippen LogP contribution in [0, 0.1) is 12.3 Å². The van der Waals surface area contributed by atoms with Gasteiger partial charge in [0.05, 0.1) is 5.56 Å². The number of aliphatic carboxylic acids is 1. The fourth-order valence-electron chi connectivity index (χ4n) is 3.07. The highest BCUT2D eigenvalue weighted by molar-refractivity contribution is 5.99. The number of piperidine rings is 1. The molecule has 0 radical (unpaired) electrons. The molecule has 0 saturated carbocycles. The number of para-hydroxylation sites is 1. The van der Waals surface area contributed by atoms with E-state index in [1.807, 2.05) is 13.8 Å². The minimum atomic E-state index is -1.000. The quantitative estimate of drug-likeness (QED) is 0.877. The van der Waals surface area contributed by atoms with E-state index in [2.05, 4.69) is 0 Å². The molecule has 0 spiro atoms. The van der Waals surface area contributed by atoms with Crippen LogP contribution in [0.15, 0.2) is 18.2 Å². The highest BCUT2D eigenvalue weighted by Gasteiger charge is 2.45. The summed E-state index contributed by atoms with van der Waals surface area (Å²) in [5.41, 5.74) is 0.280. The largest absolute Gasteiger partial charge is 0.507 e. The molecular weight excluding hydrogens is 270 g/mol. The Hall–Kier alpha value is -2.04. The molecule has 1 aliphatic rings. The van der Waals surface area contributed by atoms with Crippen molar-refractivity contribution in [1.82, 2.24) is 4.90 Å². The molecule has 1 fully saturated rings. The summed E-state index contributed by atoms with van der Waals surface area (Å²) in [5, 5.41) is 19.6. The number of carboxylic acid groups (broad SMARTS) is 1. The Labute approximate surface area is 124 Å². The number of carbonyl (C=O) groups is 2. The number of hydrogen-bond acceptors (Lipinski definition) is 3. The SMILES string of the molecule is Cc1cccc(C(=O)N2CCCC(C)(C)C2C(=O)O)c1O. The van der Waals surface area contributed by atoms with Crippen LogP contribution in [0.1, 0.15) is 42.6 Å². The van der Waals surface area contributed by atoms with E-state index in [1.165, 1.54) is 11.0 Å². The first kappa shape index (κ1) is 15.4. The van der Waals surface area contributed by atoms with Crippen molar-refractivity contribution in [2.45, 2.75) is 39.7 Å². The maximum absolute atomic E-state index is 12.7. The van der Waals surface area contributed by atoms with Crippen LogP contribution in [0.4, 0.5) is 0 Å². The number of hydrogen-bond donors (Lipinski definition) is 2. The second-order valence-corrected chi connectivity index (χ2v) is 6.30. The topological polar surface area (TPSA) is 77.8 Å². The molecule has 21 heavy (non-hydrogen) atoms. The number of phenols is 1. The van der Waals surface area contributed by atoms with Gasteiger partial charge in [0, 0.05) is 6.54 Å².